The van der Waals surface area contributed by atoms with E-state index in [9.17, 15) is 8.78 Å². The summed E-state index contributed by atoms with van der Waals surface area (Å²) in [6, 6.07) is 12.5. The third-order valence-corrected chi connectivity index (χ3v) is 2.73. The van der Waals surface area contributed by atoms with Crippen molar-refractivity contribution in [2.45, 2.75) is 26.6 Å². The van der Waals surface area contributed by atoms with Crippen LogP contribution in [0, 0.1) is 6.92 Å². The number of aromatic nitrogens is 1. The molecule has 1 heterocycles. The average molecular weight is 278 g/mol. The summed E-state index contributed by atoms with van der Waals surface area (Å²) < 4.78 is 28.3. The Morgan fingerprint density at radius 1 is 1.10 bits per heavy atom. The predicted octanol–water partition coefficient (Wildman–Crippen LogP) is 3.28. The number of rotatable bonds is 6. The van der Waals surface area contributed by atoms with Gasteiger partial charge in [-0.05, 0) is 36.8 Å². The van der Waals surface area contributed by atoms with Crippen LogP contribution in [-0.4, -0.2) is 11.6 Å². The van der Waals surface area contributed by atoms with Crippen molar-refractivity contribution in [2.75, 3.05) is 0 Å². The van der Waals surface area contributed by atoms with Crippen LogP contribution in [0.2, 0.25) is 0 Å². The molecule has 1 aromatic heterocycles. The molecule has 0 saturated carbocycles. The van der Waals surface area contributed by atoms with E-state index in [-0.39, 0.29) is 5.75 Å². The van der Waals surface area contributed by atoms with Gasteiger partial charge in [0.1, 0.15) is 5.75 Å². The zero-order valence-electron chi connectivity index (χ0n) is 11.1. The van der Waals surface area contributed by atoms with Crippen molar-refractivity contribution in [3.05, 3.63) is 59.4 Å². The standard InChI is InChI=1S/C15H16F2N2O/c1-11-3-2-4-13(19-11)10-18-9-12-5-7-14(8-6-12)20-15(16)17/h2-8,15,18H,9-10H2,1H3. The van der Waals surface area contributed by atoms with Crippen molar-refractivity contribution in [3.63, 3.8) is 0 Å². The largest absolute Gasteiger partial charge is 0.435 e. The van der Waals surface area contributed by atoms with E-state index in [1.165, 1.54) is 12.1 Å². The van der Waals surface area contributed by atoms with Crippen LogP contribution in [0.1, 0.15) is 17.0 Å². The van der Waals surface area contributed by atoms with Gasteiger partial charge < -0.3 is 10.1 Å². The van der Waals surface area contributed by atoms with Gasteiger partial charge in [0.2, 0.25) is 0 Å². The third-order valence-electron chi connectivity index (χ3n) is 2.73. The molecular formula is C15H16F2N2O. The zero-order chi connectivity index (χ0) is 14.4. The predicted molar refractivity (Wildman–Crippen MR) is 72.6 cm³/mol. The Balaban J connectivity index is 1.82. The van der Waals surface area contributed by atoms with Gasteiger partial charge >= 0.3 is 6.61 Å². The average Bonchev–Trinajstić information content (AvgIpc) is 2.40. The number of nitrogens with one attached hydrogen (secondary N) is 1. The van der Waals surface area contributed by atoms with Gasteiger partial charge in [-0.2, -0.15) is 8.78 Å². The van der Waals surface area contributed by atoms with Gasteiger partial charge in [-0.3, -0.25) is 4.98 Å². The third kappa shape index (κ3) is 4.59. The van der Waals surface area contributed by atoms with Gasteiger partial charge in [-0.1, -0.05) is 18.2 Å². The molecule has 106 valence electrons. The van der Waals surface area contributed by atoms with Crippen molar-refractivity contribution in [1.82, 2.24) is 10.3 Å². The van der Waals surface area contributed by atoms with E-state index < -0.39 is 6.61 Å². The quantitative estimate of drug-likeness (QED) is 0.880. The van der Waals surface area contributed by atoms with Crippen molar-refractivity contribution in [2.24, 2.45) is 0 Å². The molecule has 0 fully saturated rings. The van der Waals surface area contributed by atoms with Gasteiger partial charge in [0, 0.05) is 18.8 Å². The fourth-order valence-corrected chi connectivity index (χ4v) is 1.82. The molecular weight excluding hydrogens is 262 g/mol. The number of hydrogen-bond donors (Lipinski definition) is 1. The monoisotopic (exact) mass is 278 g/mol. The van der Waals surface area contributed by atoms with Crippen molar-refractivity contribution in [3.8, 4) is 5.75 Å². The molecule has 0 unspecified atom stereocenters. The van der Waals surface area contributed by atoms with Crippen LogP contribution in [0.4, 0.5) is 8.78 Å². The van der Waals surface area contributed by atoms with E-state index in [4.69, 9.17) is 0 Å². The minimum absolute atomic E-state index is 0.170. The summed E-state index contributed by atoms with van der Waals surface area (Å²) in [5.41, 5.74) is 2.96. The summed E-state index contributed by atoms with van der Waals surface area (Å²) in [6.45, 7) is 0.471. The Hall–Kier alpha value is -2.01. The maximum absolute atomic E-state index is 12.0. The molecule has 3 nitrogen and oxygen atoms in total. The summed E-state index contributed by atoms with van der Waals surface area (Å²) in [5, 5.41) is 3.25. The van der Waals surface area contributed by atoms with E-state index >= 15 is 0 Å². The van der Waals surface area contributed by atoms with Crippen LogP contribution in [0.15, 0.2) is 42.5 Å². The lowest BCUT2D eigenvalue weighted by atomic mass is 10.2. The smallest absolute Gasteiger partial charge is 0.387 e. The minimum Gasteiger partial charge on any atom is -0.435 e. The number of alkyl halides is 2. The van der Waals surface area contributed by atoms with Gasteiger partial charge in [-0.15, -0.1) is 0 Å². The number of halogens is 2. The maximum Gasteiger partial charge on any atom is 0.387 e. The first kappa shape index (κ1) is 14.4. The Morgan fingerprint density at radius 3 is 2.50 bits per heavy atom. The lowest BCUT2D eigenvalue weighted by Gasteiger charge is -2.07. The van der Waals surface area contributed by atoms with E-state index in [1.807, 2.05) is 25.1 Å². The molecule has 1 N–H and O–H groups in total. The van der Waals surface area contributed by atoms with Gasteiger partial charge in [-0.25, -0.2) is 0 Å². The van der Waals surface area contributed by atoms with Crippen molar-refractivity contribution in [1.29, 1.82) is 0 Å². The highest BCUT2D eigenvalue weighted by Gasteiger charge is 2.03. The molecule has 0 saturated heterocycles. The molecule has 0 radical (unpaired) electrons. The summed E-state index contributed by atoms with van der Waals surface area (Å²) in [6.07, 6.45) is 0. The van der Waals surface area contributed by atoms with Gasteiger partial charge in [0.15, 0.2) is 0 Å². The molecule has 0 bridgehead atoms. The topological polar surface area (TPSA) is 34.1 Å². The maximum atomic E-state index is 12.0. The van der Waals surface area contributed by atoms with Crippen LogP contribution < -0.4 is 10.1 Å². The molecule has 0 aliphatic carbocycles. The fourth-order valence-electron chi connectivity index (χ4n) is 1.82. The van der Waals surface area contributed by atoms with Crippen LogP contribution in [0.25, 0.3) is 0 Å². The van der Waals surface area contributed by atoms with Crippen LogP contribution in [-0.2, 0) is 13.1 Å². The van der Waals surface area contributed by atoms with Gasteiger partial charge in [0.05, 0.1) is 5.69 Å². The SMILES string of the molecule is Cc1cccc(CNCc2ccc(OC(F)F)cc2)n1. The first-order valence-corrected chi connectivity index (χ1v) is 6.30. The van der Waals surface area contributed by atoms with Crippen molar-refractivity contribution >= 4 is 0 Å². The second-order valence-electron chi connectivity index (χ2n) is 4.40. The van der Waals surface area contributed by atoms with E-state index in [2.05, 4.69) is 15.0 Å². The van der Waals surface area contributed by atoms with Crippen molar-refractivity contribution < 1.29 is 13.5 Å². The van der Waals surface area contributed by atoms with Gasteiger partial charge in [0.25, 0.3) is 0 Å². The highest BCUT2D eigenvalue weighted by atomic mass is 19.3. The molecule has 1 aromatic carbocycles. The molecule has 5 heteroatoms. The molecule has 2 aromatic rings. The normalized spacial score (nSPS) is 10.8. The van der Waals surface area contributed by atoms with E-state index in [0.29, 0.717) is 13.1 Å². The molecule has 2 rings (SSSR count). The number of aryl methyl sites for hydroxylation is 1. The molecule has 0 spiro atoms. The van der Waals surface area contributed by atoms with Crippen LogP contribution >= 0.6 is 0 Å². The molecule has 0 amide bonds. The lowest BCUT2D eigenvalue weighted by Crippen LogP contribution is -2.13. The summed E-state index contributed by atoms with van der Waals surface area (Å²) >= 11 is 0. The zero-order valence-corrected chi connectivity index (χ0v) is 11.1. The first-order valence-electron chi connectivity index (χ1n) is 6.30. The number of ether oxygens (including phenoxy) is 1. The Kier molecular flexibility index (Phi) is 5.01. The highest BCUT2D eigenvalue weighted by molar-refractivity contribution is 5.27. The van der Waals surface area contributed by atoms with E-state index in [0.717, 1.165) is 17.0 Å². The summed E-state index contributed by atoms with van der Waals surface area (Å²) in [7, 11) is 0. The Labute approximate surface area is 116 Å². The van der Waals surface area contributed by atoms with Crippen LogP contribution in [0.5, 0.6) is 5.75 Å². The first-order chi connectivity index (χ1) is 9.63. The molecule has 20 heavy (non-hydrogen) atoms. The number of nitrogens with zero attached hydrogens (tertiary/aromatic N) is 1. The molecule has 0 atom stereocenters. The second-order valence-corrected chi connectivity index (χ2v) is 4.40. The summed E-state index contributed by atoms with van der Waals surface area (Å²) in [4.78, 5) is 4.39. The summed E-state index contributed by atoms with van der Waals surface area (Å²) in [5.74, 6) is 0.170. The fraction of sp³-hybridized carbons (Fsp3) is 0.267. The Bertz CT molecular complexity index is 544. The lowest BCUT2D eigenvalue weighted by molar-refractivity contribution is -0.0498. The highest BCUT2D eigenvalue weighted by Crippen LogP contribution is 2.14. The van der Waals surface area contributed by atoms with E-state index in [1.54, 1.807) is 12.1 Å². The minimum atomic E-state index is -2.79. The molecule has 0 aliphatic rings. The Morgan fingerprint density at radius 2 is 1.85 bits per heavy atom. The number of pyridine rings is 1. The number of hydrogen-bond acceptors (Lipinski definition) is 3. The molecule has 0 aliphatic heterocycles. The number of benzene rings is 1. The second kappa shape index (κ2) is 6.96. The van der Waals surface area contributed by atoms with Crippen LogP contribution in [0.3, 0.4) is 0 Å².